The third-order valence-electron chi connectivity index (χ3n) is 5.01. The molecule has 3 rings (SSSR count). The van der Waals surface area contributed by atoms with Gasteiger partial charge in [-0.1, -0.05) is 27.0 Å². The van der Waals surface area contributed by atoms with E-state index in [9.17, 15) is 4.39 Å². The van der Waals surface area contributed by atoms with Crippen molar-refractivity contribution in [3.63, 3.8) is 0 Å². The number of nitrogens with zero attached hydrogens (tertiary/aromatic N) is 1. The molecule has 0 atom stereocenters. The van der Waals surface area contributed by atoms with E-state index in [1.807, 2.05) is 13.0 Å². The first-order valence-corrected chi connectivity index (χ1v) is 9.23. The average Bonchev–Trinajstić information content (AvgIpc) is 3.09. The number of fused-ring (bicyclic) bond motifs is 1. The molecule has 5 heteroatoms. The van der Waals surface area contributed by atoms with Crippen molar-refractivity contribution in [1.82, 2.24) is 20.4 Å². The molecular formula is C22H27FN4. The van der Waals surface area contributed by atoms with E-state index in [0.29, 0.717) is 0 Å². The average molecular weight is 366 g/mol. The fourth-order valence-corrected chi connectivity index (χ4v) is 3.55. The Labute approximate surface area is 159 Å². The number of aromatic nitrogens is 2. The van der Waals surface area contributed by atoms with E-state index >= 15 is 0 Å². The standard InChI is InChI=1S/C22H27FN4/c1-7-27(8-2)26-16(6)22-13(3)21(25-15(22)5)12-18-14(4)24-20-10-9-17(23)11-19(18)20/h9-12,24-26H,4,6-8H2,1-3,5H3/b18-12+. The van der Waals surface area contributed by atoms with Crippen molar-refractivity contribution in [2.75, 3.05) is 13.1 Å². The van der Waals surface area contributed by atoms with Crippen LogP contribution in [0.1, 0.15) is 36.4 Å². The highest BCUT2D eigenvalue weighted by Crippen LogP contribution is 2.24. The van der Waals surface area contributed by atoms with Gasteiger partial charge in [0, 0.05) is 51.5 Å². The highest BCUT2D eigenvalue weighted by atomic mass is 19.1. The molecule has 3 aromatic rings. The largest absolute Gasteiger partial charge is 0.358 e. The van der Waals surface area contributed by atoms with E-state index in [-0.39, 0.29) is 5.82 Å². The summed E-state index contributed by atoms with van der Waals surface area (Å²) in [6.45, 7) is 18.4. The molecule has 0 unspecified atom stereocenters. The van der Waals surface area contributed by atoms with Gasteiger partial charge in [0.2, 0.25) is 0 Å². The predicted molar refractivity (Wildman–Crippen MR) is 112 cm³/mol. The second-order valence-electron chi connectivity index (χ2n) is 6.78. The number of nitrogens with one attached hydrogen (secondary N) is 3. The summed E-state index contributed by atoms with van der Waals surface area (Å²) in [6, 6.07) is 4.73. The number of hydrogen-bond donors (Lipinski definition) is 3. The van der Waals surface area contributed by atoms with E-state index < -0.39 is 0 Å². The lowest BCUT2D eigenvalue weighted by atomic mass is 10.1. The molecule has 0 saturated carbocycles. The van der Waals surface area contributed by atoms with Gasteiger partial charge in [0.1, 0.15) is 5.82 Å². The Hall–Kier alpha value is -2.79. The zero-order chi connectivity index (χ0) is 19.7. The molecule has 0 saturated heterocycles. The number of benzene rings is 1. The van der Waals surface area contributed by atoms with Crippen LogP contribution in [0.2, 0.25) is 0 Å². The first-order valence-electron chi connectivity index (χ1n) is 9.23. The number of aryl methyl sites for hydroxylation is 1. The maximum absolute atomic E-state index is 13.7. The molecule has 0 amide bonds. The Morgan fingerprint density at radius 1 is 1.22 bits per heavy atom. The van der Waals surface area contributed by atoms with Gasteiger partial charge in [-0.3, -0.25) is 0 Å². The molecule has 27 heavy (non-hydrogen) atoms. The van der Waals surface area contributed by atoms with Crippen LogP contribution in [0.25, 0.3) is 29.3 Å². The van der Waals surface area contributed by atoms with Crippen LogP contribution in [-0.4, -0.2) is 28.1 Å². The minimum atomic E-state index is -0.256. The summed E-state index contributed by atoms with van der Waals surface area (Å²) in [5, 5.41) is 4.59. The molecule has 0 radical (unpaired) electrons. The van der Waals surface area contributed by atoms with E-state index in [1.54, 1.807) is 12.1 Å². The highest BCUT2D eigenvalue weighted by molar-refractivity contribution is 5.82. The molecular weight excluding hydrogens is 339 g/mol. The van der Waals surface area contributed by atoms with Crippen molar-refractivity contribution >= 4 is 29.3 Å². The summed E-state index contributed by atoms with van der Waals surface area (Å²) >= 11 is 0. The first-order chi connectivity index (χ1) is 12.8. The lowest BCUT2D eigenvalue weighted by molar-refractivity contribution is 0.255. The molecule has 0 bridgehead atoms. The Morgan fingerprint density at radius 3 is 2.59 bits per heavy atom. The summed E-state index contributed by atoms with van der Waals surface area (Å²) in [5.74, 6) is -0.256. The third kappa shape index (κ3) is 3.55. The maximum atomic E-state index is 13.7. The zero-order valence-corrected chi connectivity index (χ0v) is 16.5. The third-order valence-corrected chi connectivity index (χ3v) is 5.01. The van der Waals surface area contributed by atoms with Gasteiger partial charge in [-0.15, -0.1) is 0 Å². The number of hydrazine groups is 1. The van der Waals surface area contributed by atoms with Gasteiger partial charge in [-0.25, -0.2) is 9.40 Å². The number of H-pyrrole nitrogens is 2. The van der Waals surface area contributed by atoms with Crippen LogP contribution in [0.5, 0.6) is 0 Å². The second kappa shape index (κ2) is 7.45. The molecule has 0 aliphatic heterocycles. The van der Waals surface area contributed by atoms with Gasteiger partial charge in [-0.05, 0) is 43.7 Å². The van der Waals surface area contributed by atoms with E-state index in [0.717, 1.165) is 62.8 Å². The Balaban J connectivity index is 2.09. The molecule has 0 fully saturated rings. The summed E-state index contributed by atoms with van der Waals surface area (Å²) in [7, 11) is 0. The molecule has 2 heterocycles. The summed E-state index contributed by atoms with van der Waals surface area (Å²) < 4.78 is 13.7. The normalized spacial score (nSPS) is 12.3. The highest BCUT2D eigenvalue weighted by Gasteiger charge is 2.14. The molecule has 142 valence electrons. The van der Waals surface area contributed by atoms with Crippen molar-refractivity contribution in [2.24, 2.45) is 0 Å². The molecule has 0 aliphatic rings. The number of rotatable bonds is 6. The van der Waals surface area contributed by atoms with Crippen LogP contribution in [-0.2, 0) is 0 Å². The SMILES string of the molecule is C=C(NN(CC)CC)c1c(C)[nH]c(/C=c2\c(=C)[nH]c3ccc(F)cc23)c1C. The number of aromatic amines is 2. The van der Waals surface area contributed by atoms with E-state index in [4.69, 9.17) is 0 Å². The summed E-state index contributed by atoms with van der Waals surface area (Å²) in [6.07, 6.45) is 2.02. The van der Waals surface area contributed by atoms with Crippen molar-refractivity contribution < 1.29 is 4.39 Å². The molecule has 4 nitrogen and oxygen atoms in total. The molecule has 1 aromatic carbocycles. The Kier molecular flexibility index (Phi) is 5.24. The lowest BCUT2D eigenvalue weighted by Crippen LogP contribution is -2.36. The van der Waals surface area contributed by atoms with Crippen molar-refractivity contribution in [1.29, 1.82) is 0 Å². The Bertz CT molecular complexity index is 1100. The molecule has 3 N–H and O–H groups in total. The maximum Gasteiger partial charge on any atom is 0.123 e. The molecule has 0 aliphatic carbocycles. The zero-order valence-electron chi connectivity index (χ0n) is 16.5. The van der Waals surface area contributed by atoms with Crippen LogP contribution >= 0.6 is 0 Å². The first kappa shape index (κ1) is 19.0. The fourth-order valence-electron chi connectivity index (χ4n) is 3.55. The topological polar surface area (TPSA) is 46.8 Å². The van der Waals surface area contributed by atoms with Crippen LogP contribution in [0, 0.1) is 19.7 Å². The predicted octanol–water partition coefficient (Wildman–Crippen LogP) is 3.31. The van der Waals surface area contributed by atoms with Crippen LogP contribution in [0.4, 0.5) is 4.39 Å². The quantitative estimate of drug-likeness (QED) is 0.586. The fraction of sp³-hybridized carbons (Fsp3) is 0.273. The van der Waals surface area contributed by atoms with Crippen molar-refractivity contribution in [3.05, 3.63) is 63.7 Å². The smallest absolute Gasteiger partial charge is 0.123 e. The van der Waals surface area contributed by atoms with E-state index in [2.05, 4.69) is 54.3 Å². The van der Waals surface area contributed by atoms with Crippen LogP contribution in [0.15, 0.2) is 24.8 Å². The van der Waals surface area contributed by atoms with E-state index in [1.165, 1.54) is 6.07 Å². The van der Waals surface area contributed by atoms with Gasteiger partial charge in [0.15, 0.2) is 0 Å². The van der Waals surface area contributed by atoms with Gasteiger partial charge in [0.25, 0.3) is 0 Å². The second-order valence-corrected chi connectivity index (χ2v) is 6.78. The van der Waals surface area contributed by atoms with Gasteiger partial charge >= 0.3 is 0 Å². The Morgan fingerprint density at radius 2 is 1.93 bits per heavy atom. The molecule has 0 spiro atoms. The van der Waals surface area contributed by atoms with Gasteiger partial charge in [0.05, 0.1) is 5.70 Å². The monoisotopic (exact) mass is 366 g/mol. The summed E-state index contributed by atoms with van der Waals surface area (Å²) in [5.41, 5.74) is 9.30. The van der Waals surface area contributed by atoms with Crippen molar-refractivity contribution in [2.45, 2.75) is 27.7 Å². The van der Waals surface area contributed by atoms with Gasteiger partial charge < -0.3 is 15.4 Å². The van der Waals surface area contributed by atoms with Gasteiger partial charge in [-0.2, -0.15) is 0 Å². The number of hydrogen-bond acceptors (Lipinski definition) is 2. The van der Waals surface area contributed by atoms with Crippen molar-refractivity contribution in [3.8, 4) is 0 Å². The lowest BCUT2D eigenvalue weighted by Gasteiger charge is -2.22. The summed E-state index contributed by atoms with van der Waals surface area (Å²) in [4.78, 5) is 6.66. The van der Waals surface area contributed by atoms with Crippen LogP contribution < -0.4 is 16.0 Å². The minimum absolute atomic E-state index is 0.256. The number of halogens is 1. The molecule has 2 aromatic heterocycles. The van der Waals surface area contributed by atoms with Crippen LogP contribution in [0.3, 0.4) is 0 Å². The minimum Gasteiger partial charge on any atom is -0.358 e.